The molecule has 0 N–H and O–H groups in total. The van der Waals surface area contributed by atoms with Gasteiger partial charge in [0.2, 0.25) is 10.0 Å². The predicted octanol–water partition coefficient (Wildman–Crippen LogP) is 3.51. The Morgan fingerprint density at radius 1 is 1.03 bits per heavy atom. The van der Waals surface area contributed by atoms with Crippen LogP contribution in [0.5, 0.6) is 5.75 Å². The quantitative estimate of drug-likeness (QED) is 0.520. The van der Waals surface area contributed by atoms with Crippen molar-refractivity contribution < 1.29 is 22.5 Å². The number of nitrogens with zero attached hydrogens (tertiary/aromatic N) is 3. The van der Waals surface area contributed by atoms with Crippen molar-refractivity contribution in [1.82, 2.24) is 14.4 Å². The number of fused-ring (bicyclic) bond motifs is 1. The molecule has 35 heavy (non-hydrogen) atoms. The number of aryl methyl sites for hydroxylation is 4. The third-order valence-electron chi connectivity index (χ3n) is 6.88. The number of amides is 1. The van der Waals surface area contributed by atoms with E-state index in [0.29, 0.717) is 41.7 Å². The van der Waals surface area contributed by atoms with Crippen LogP contribution in [-0.4, -0.2) is 54.9 Å². The number of benzene rings is 2. The van der Waals surface area contributed by atoms with Crippen LogP contribution < -0.4 is 4.74 Å². The summed E-state index contributed by atoms with van der Waals surface area (Å²) in [4.78, 5) is 15.2. The highest BCUT2D eigenvalue weighted by molar-refractivity contribution is 7.89. The highest BCUT2D eigenvalue weighted by Gasteiger charge is 2.31. The summed E-state index contributed by atoms with van der Waals surface area (Å²) in [6.07, 6.45) is 3.02. The highest BCUT2D eigenvalue weighted by Crippen LogP contribution is 2.27. The molecule has 5 rings (SSSR count). The fourth-order valence-electron chi connectivity index (χ4n) is 4.75. The summed E-state index contributed by atoms with van der Waals surface area (Å²) in [5.74, 6) is 1.15. The van der Waals surface area contributed by atoms with Crippen molar-refractivity contribution in [3.8, 4) is 5.75 Å². The SMILES string of the molecule is Cc1noc(C)c1COc1cccc(C(=O)N2CCN(S(=O)(=O)c3ccc4c(c3)CCC4)CC2)c1. The molecule has 1 fully saturated rings. The monoisotopic (exact) mass is 495 g/mol. The molecule has 184 valence electrons. The smallest absolute Gasteiger partial charge is 0.254 e. The van der Waals surface area contributed by atoms with Gasteiger partial charge in [0.1, 0.15) is 18.1 Å². The molecule has 1 aromatic heterocycles. The Bertz CT molecular complexity index is 1340. The van der Waals surface area contributed by atoms with Crippen molar-refractivity contribution in [2.24, 2.45) is 0 Å². The molecular weight excluding hydrogens is 466 g/mol. The average molecular weight is 496 g/mol. The van der Waals surface area contributed by atoms with Crippen LogP contribution in [0.3, 0.4) is 0 Å². The van der Waals surface area contributed by atoms with E-state index in [1.165, 1.54) is 9.87 Å². The first-order chi connectivity index (χ1) is 16.8. The number of carbonyl (C=O) groups excluding carboxylic acids is 1. The summed E-state index contributed by atoms with van der Waals surface area (Å²) in [6, 6.07) is 12.5. The zero-order chi connectivity index (χ0) is 24.6. The molecule has 9 heteroatoms. The molecule has 0 spiro atoms. The van der Waals surface area contributed by atoms with Gasteiger partial charge in [-0.15, -0.1) is 0 Å². The molecule has 2 aliphatic rings. The lowest BCUT2D eigenvalue weighted by Crippen LogP contribution is -2.50. The second-order valence-corrected chi connectivity index (χ2v) is 11.0. The van der Waals surface area contributed by atoms with Gasteiger partial charge in [-0.2, -0.15) is 4.31 Å². The summed E-state index contributed by atoms with van der Waals surface area (Å²) >= 11 is 0. The lowest BCUT2D eigenvalue weighted by molar-refractivity contribution is 0.0697. The van der Waals surface area contributed by atoms with Gasteiger partial charge in [-0.25, -0.2) is 8.42 Å². The first-order valence-electron chi connectivity index (χ1n) is 11.9. The third kappa shape index (κ3) is 4.70. The maximum Gasteiger partial charge on any atom is 0.254 e. The van der Waals surface area contributed by atoms with Crippen LogP contribution >= 0.6 is 0 Å². The Balaban J connectivity index is 1.22. The normalized spacial score (nSPS) is 16.3. The summed E-state index contributed by atoms with van der Waals surface area (Å²) in [6.45, 7) is 5.22. The van der Waals surface area contributed by atoms with Crippen molar-refractivity contribution in [2.75, 3.05) is 26.2 Å². The summed E-state index contributed by atoms with van der Waals surface area (Å²) in [5, 5.41) is 3.93. The molecule has 1 aliphatic carbocycles. The van der Waals surface area contributed by atoms with Crippen LogP contribution in [0.15, 0.2) is 51.9 Å². The van der Waals surface area contributed by atoms with Crippen LogP contribution in [-0.2, 0) is 29.5 Å². The van der Waals surface area contributed by atoms with Gasteiger partial charge in [-0.3, -0.25) is 4.79 Å². The summed E-state index contributed by atoms with van der Waals surface area (Å²) < 4.78 is 38.9. The number of carbonyl (C=O) groups is 1. The molecular formula is C26H29N3O5S. The largest absolute Gasteiger partial charge is 0.489 e. The Hall–Kier alpha value is -3.17. The fourth-order valence-corrected chi connectivity index (χ4v) is 6.23. The average Bonchev–Trinajstić information content (AvgIpc) is 3.48. The lowest BCUT2D eigenvalue weighted by Gasteiger charge is -2.34. The van der Waals surface area contributed by atoms with Crippen LogP contribution in [0, 0.1) is 13.8 Å². The molecule has 2 heterocycles. The minimum absolute atomic E-state index is 0.137. The van der Waals surface area contributed by atoms with Crippen molar-refractivity contribution in [3.63, 3.8) is 0 Å². The van der Waals surface area contributed by atoms with Crippen molar-refractivity contribution in [1.29, 1.82) is 0 Å². The van der Waals surface area contributed by atoms with E-state index in [9.17, 15) is 13.2 Å². The highest BCUT2D eigenvalue weighted by atomic mass is 32.2. The number of ether oxygens (including phenoxy) is 1. The van der Waals surface area contributed by atoms with Gasteiger partial charge >= 0.3 is 0 Å². The summed E-state index contributed by atoms with van der Waals surface area (Å²) in [7, 11) is -3.58. The molecule has 2 aromatic carbocycles. The number of aromatic nitrogens is 1. The molecule has 0 saturated carbocycles. The number of hydrogen-bond donors (Lipinski definition) is 0. The standard InChI is InChI=1S/C26H29N3O5S/c1-18-25(19(2)34-27-18)17-33-23-8-4-7-22(15-23)26(30)28-11-13-29(14-12-28)35(31,32)24-10-9-20-5-3-6-21(20)16-24/h4,7-10,15-16H,3,5-6,11-14,17H2,1-2H3. The van der Waals surface area contributed by atoms with Crippen molar-refractivity contribution >= 4 is 15.9 Å². The fraction of sp³-hybridized carbons (Fsp3) is 0.385. The van der Waals surface area contributed by atoms with Gasteiger partial charge < -0.3 is 14.2 Å². The van der Waals surface area contributed by atoms with E-state index in [2.05, 4.69) is 5.16 Å². The molecule has 1 aliphatic heterocycles. The third-order valence-corrected chi connectivity index (χ3v) is 8.77. The molecule has 1 saturated heterocycles. The molecule has 0 bridgehead atoms. The van der Waals surface area contributed by atoms with Crippen LogP contribution in [0.1, 0.15) is 44.9 Å². The molecule has 0 unspecified atom stereocenters. The zero-order valence-corrected chi connectivity index (χ0v) is 20.8. The molecule has 0 atom stereocenters. The van der Waals surface area contributed by atoms with Gasteiger partial charge in [0.15, 0.2) is 0 Å². The molecule has 8 nitrogen and oxygen atoms in total. The first kappa shape index (κ1) is 23.6. The van der Waals surface area contributed by atoms with Gasteiger partial charge in [-0.05, 0) is 74.6 Å². The lowest BCUT2D eigenvalue weighted by atomic mass is 10.1. The maximum atomic E-state index is 13.2. The van der Waals surface area contributed by atoms with Crippen molar-refractivity contribution in [3.05, 3.63) is 76.2 Å². The molecule has 3 aromatic rings. The second kappa shape index (κ2) is 9.47. The number of piperazine rings is 1. The summed E-state index contributed by atoms with van der Waals surface area (Å²) in [5.41, 5.74) is 4.56. The van der Waals surface area contributed by atoms with E-state index >= 15 is 0 Å². The minimum Gasteiger partial charge on any atom is -0.489 e. The topological polar surface area (TPSA) is 93.0 Å². The Morgan fingerprint density at radius 3 is 2.54 bits per heavy atom. The Labute approximate surface area is 205 Å². The van der Waals surface area contributed by atoms with Crippen LogP contribution in [0.4, 0.5) is 0 Å². The maximum absolute atomic E-state index is 13.2. The van der Waals surface area contributed by atoms with Gasteiger partial charge in [-0.1, -0.05) is 17.3 Å². The van der Waals surface area contributed by atoms with E-state index in [-0.39, 0.29) is 19.0 Å². The number of hydrogen-bond acceptors (Lipinski definition) is 6. The Morgan fingerprint density at radius 2 is 1.80 bits per heavy atom. The van der Waals surface area contributed by atoms with E-state index in [0.717, 1.165) is 36.1 Å². The minimum atomic E-state index is -3.58. The van der Waals surface area contributed by atoms with E-state index < -0.39 is 10.0 Å². The van der Waals surface area contributed by atoms with Gasteiger partial charge in [0, 0.05) is 31.7 Å². The number of sulfonamides is 1. The zero-order valence-electron chi connectivity index (χ0n) is 20.0. The van der Waals surface area contributed by atoms with Crippen LogP contribution in [0.25, 0.3) is 0 Å². The van der Waals surface area contributed by atoms with E-state index in [1.807, 2.05) is 26.0 Å². The molecule has 1 amide bonds. The predicted molar refractivity (Wildman–Crippen MR) is 130 cm³/mol. The second-order valence-electron chi connectivity index (χ2n) is 9.10. The first-order valence-corrected chi connectivity index (χ1v) is 13.3. The van der Waals surface area contributed by atoms with Crippen LogP contribution in [0.2, 0.25) is 0 Å². The van der Waals surface area contributed by atoms with E-state index in [1.54, 1.807) is 35.2 Å². The molecule has 0 radical (unpaired) electrons. The number of rotatable bonds is 6. The van der Waals surface area contributed by atoms with Gasteiger partial charge in [0.05, 0.1) is 16.2 Å². The van der Waals surface area contributed by atoms with Crippen molar-refractivity contribution in [2.45, 2.75) is 44.6 Å². The Kier molecular flexibility index (Phi) is 6.37. The van der Waals surface area contributed by atoms with E-state index in [4.69, 9.17) is 9.26 Å². The van der Waals surface area contributed by atoms with Gasteiger partial charge in [0.25, 0.3) is 5.91 Å².